The summed E-state index contributed by atoms with van der Waals surface area (Å²) >= 11 is 0. The van der Waals surface area contributed by atoms with Gasteiger partial charge in [-0.15, -0.1) is 0 Å². The lowest BCUT2D eigenvalue weighted by Gasteiger charge is -2.11. The molecule has 1 aromatic rings. The number of aryl methyl sites for hydroxylation is 1. The maximum Gasteiger partial charge on any atom is 0.418 e. The van der Waals surface area contributed by atoms with Crippen LogP contribution < -0.4 is 5.73 Å². The first-order valence-corrected chi connectivity index (χ1v) is 5.35. The molecule has 0 unspecified atom stereocenters. The summed E-state index contributed by atoms with van der Waals surface area (Å²) in [4.78, 5) is 0. The topological polar surface area (TPSA) is 26.0 Å². The highest BCUT2D eigenvalue weighted by molar-refractivity contribution is 5.52. The van der Waals surface area contributed by atoms with E-state index in [0.29, 0.717) is 0 Å². The summed E-state index contributed by atoms with van der Waals surface area (Å²) in [6.45, 7) is 9.39. The van der Waals surface area contributed by atoms with E-state index in [4.69, 9.17) is 5.73 Å². The zero-order chi connectivity index (χ0) is 13.4. The third-order valence-electron chi connectivity index (χ3n) is 1.59. The first kappa shape index (κ1) is 17.2. The molecule has 0 bridgehead atoms. The van der Waals surface area contributed by atoms with Gasteiger partial charge in [0.1, 0.15) is 0 Å². The van der Waals surface area contributed by atoms with Crippen molar-refractivity contribution < 1.29 is 13.2 Å². The zero-order valence-corrected chi connectivity index (χ0v) is 10.4. The molecule has 0 saturated heterocycles. The van der Waals surface area contributed by atoms with Crippen molar-refractivity contribution in [2.45, 2.75) is 40.8 Å². The van der Waals surface area contributed by atoms with Crippen LogP contribution in [-0.2, 0) is 6.18 Å². The van der Waals surface area contributed by atoms with Gasteiger partial charge in [0.25, 0.3) is 0 Å². The summed E-state index contributed by atoms with van der Waals surface area (Å²) in [5, 5.41) is 0. The van der Waals surface area contributed by atoms with E-state index < -0.39 is 11.7 Å². The average Bonchev–Trinajstić information content (AvgIpc) is 2.21. The van der Waals surface area contributed by atoms with Gasteiger partial charge in [-0.3, -0.25) is 0 Å². The highest BCUT2D eigenvalue weighted by Crippen LogP contribution is 2.35. The Morgan fingerprint density at radius 2 is 1.44 bits per heavy atom. The van der Waals surface area contributed by atoms with Crippen LogP contribution in [0.15, 0.2) is 18.2 Å². The van der Waals surface area contributed by atoms with Crippen LogP contribution in [0.4, 0.5) is 18.9 Å². The molecule has 0 amide bonds. The lowest BCUT2D eigenvalue weighted by Crippen LogP contribution is -2.10. The van der Waals surface area contributed by atoms with Crippen LogP contribution in [0, 0.1) is 6.92 Å². The maximum atomic E-state index is 12.2. The minimum Gasteiger partial charge on any atom is -0.398 e. The molecule has 0 spiro atoms. The Morgan fingerprint density at radius 3 is 1.69 bits per heavy atom. The predicted molar refractivity (Wildman–Crippen MR) is 63.3 cm³/mol. The number of alkyl halides is 3. The molecule has 1 nitrogen and oxygen atoms in total. The van der Waals surface area contributed by atoms with Crippen LogP contribution in [0.5, 0.6) is 0 Å². The van der Waals surface area contributed by atoms with Gasteiger partial charge in [-0.1, -0.05) is 39.8 Å². The third kappa shape index (κ3) is 5.05. The van der Waals surface area contributed by atoms with Crippen molar-refractivity contribution >= 4 is 5.69 Å². The summed E-state index contributed by atoms with van der Waals surface area (Å²) in [6.07, 6.45) is -4.35. The van der Waals surface area contributed by atoms with E-state index in [1.807, 2.05) is 27.7 Å². The lowest BCUT2D eigenvalue weighted by atomic mass is 10.1. The molecule has 0 saturated carbocycles. The molecule has 0 atom stereocenters. The van der Waals surface area contributed by atoms with Crippen LogP contribution >= 0.6 is 0 Å². The van der Waals surface area contributed by atoms with Crippen molar-refractivity contribution in [3.63, 3.8) is 0 Å². The molecular formula is C12H20F3N. The number of halogens is 3. The molecule has 16 heavy (non-hydrogen) atoms. The Bertz CT molecular complexity index is 273. The van der Waals surface area contributed by atoms with Gasteiger partial charge >= 0.3 is 6.18 Å². The quantitative estimate of drug-likeness (QED) is 0.651. The molecule has 0 aliphatic heterocycles. The van der Waals surface area contributed by atoms with Crippen molar-refractivity contribution in [2.75, 3.05) is 5.73 Å². The van der Waals surface area contributed by atoms with E-state index in [9.17, 15) is 13.2 Å². The van der Waals surface area contributed by atoms with Gasteiger partial charge in [-0.05, 0) is 18.6 Å². The average molecular weight is 235 g/mol. The fraction of sp³-hybridized carbons (Fsp3) is 0.500. The first-order valence-electron chi connectivity index (χ1n) is 5.35. The standard InChI is InChI=1S/C8H8F3N.2C2H6/c1-5-3-2-4-6(12)7(5)8(9,10)11;2*1-2/h2-4H,12H2,1H3;2*1-2H3. The number of rotatable bonds is 0. The number of anilines is 1. The second kappa shape index (κ2) is 8.02. The minimum atomic E-state index is -4.35. The first-order chi connectivity index (χ1) is 7.43. The highest BCUT2D eigenvalue weighted by atomic mass is 19.4. The molecule has 4 heteroatoms. The van der Waals surface area contributed by atoms with Gasteiger partial charge < -0.3 is 5.73 Å². The fourth-order valence-corrected chi connectivity index (χ4v) is 1.08. The van der Waals surface area contributed by atoms with Crippen LogP contribution in [0.25, 0.3) is 0 Å². The molecule has 1 aromatic carbocycles. The number of nitrogens with two attached hydrogens (primary N) is 1. The summed E-state index contributed by atoms with van der Waals surface area (Å²) in [5.74, 6) is 0. The van der Waals surface area contributed by atoms with Gasteiger partial charge in [0, 0.05) is 5.69 Å². The van der Waals surface area contributed by atoms with E-state index in [1.165, 1.54) is 25.1 Å². The molecule has 2 N–H and O–H groups in total. The normalized spacial score (nSPS) is 9.50. The Kier molecular flexibility index (Phi) is 8.63. The van der Waals surface area contributed by atoms with Crippen molar-refractivity contribution in [1.82, 2.24) is 0 Å². The predicted octanol–water partition coefficient (Wildman–Crippen LogP) is 4.65. The number of hydrogen-bond acceptors (Lipinski definition) is 1. The van der Waals surface area contributed by atoms with Crippen molar-refractivity contribution in [3.05, 3.63) is 29.3 Å². The number of nitrogen functional groups attached to an aromatic ring is 1. The molecule has 0 aliphatic rings. The van der Waals surface area contributed by atoms with Gasteiger partial charge in [-0.25, -0.2) is 0 Å². The number of benzene rings is 1. The maximum absolute atomic E-state index is 12.2. The molecule has 0 aromatic heterocycles. The van der Waals surface area contributed by atoms with E-state index in [1.54, 1.807) is 0 Å². The van der Waals surface area contributed by atoms with Gasteiger partial charge in [0.05, 0.1) is 5.56 Å². The van der Waals surface area contributed by atoms with Crippen molar-refractivity contribution in [1.29, 1.82) is 0 Å². The molecular weight excluding hydrogens is 215 g/mol. The number of hydrogen-bond donors (Lipinski definition) is 1. The van der Waals surface area contributed by atoms with Crippen LogP contribution in [0.3, 0.4) is 0 Å². The fourth-order valence-electron chi connectivity index (χ4n) is 1.08. The van der Waals surface area contributed by atoms with Gasteiger partial charge in [0.2, 0.25) is 0 Å². The second-order valence-electron chi connectivity index (χ2n) is 2.54. The van der Waals surface area contributed by atoms with Crippen molar-refractivity contribution in [3.8, 4) is 0 Å². The zero-order valence-electron chi connectivity index (χ0n) is 10.4. The lowest BCUT2D eigenvalue weighted by molar-refractivity contribution is -0.137. The molecule has 1 rings (SSSR count). The highest BCUT2D eigenvalue weighted by Gasteiger charge is 2.34. The van der Waals surface area contributed by atoms with Gasteiger partial charge in [0.15, 0.2) is 0 Å². The Labute approximate surface area is 95.5 Å². The van der Waals surface area contributed by atoms with Gasteiger partial charge in [-0.2, -0.15) is 13.2 Å². The van der Waals surface area contributed by atoms with Crippen molar-refractivity contribution in [2.24, 2.45) is 0 Å². The summed E-state index contributed by atoms with van der Waals surface area (Å²) < 4.78 is 36.7. The van der Waals surface area contributed by atoms with Crippen LogP contribution in [-0.4, -0.2) is 0 Å². The Morgan fingerprint density at radius 1 is 1.00 bits per heavy atom. The van der Waals surface area contributed by atoms with E-state index in [0.717, 1.165) is 0 Å². The SMILES string of the molecule is CC.CC.Cc1cccc(N)c1C(F)(F)F. The molecule has 0 aliphatic carbocycles. The van der Waals surface area contributed by atoms with Crippen LogP contribution in [0.2, 0.25) is 0 Å². The third-order valence-corrected chi connectivity index (χ3v) is 1.59. The molecule has 0 fully saturated rings. The summed E-state index contributed by atoms with van der Waals surface area (Å²) in [7, 11) is 0. The summed E-state index contributed by atoms with van der Waals surface area (Å²) in [5.41, 5.74) is 4.39. The largest absolute Gasteiger partial charge is 0.418 e. The monoisotopic (exact) mass is 235 g/mol. The Balaban J connectivity index is 0. The summed E-state index contributed by atoms with van der Waals surface area (Å²) in [6, 6.07) is 4.13. The molecule has 94 valence electrons. The van der Waals surface area contributed by atoms with Crippen LogP contribution in [0.1, 0.15) is 38.8 Å². The smallest absolute Gasteiger partial charge is 0.398 e. The van der Waals surface area contributed by atoms with E-state index >= 15 is 0 Å². The van der Waals surface area contributed by atoms with E-state index in [-0.39, 0.29) is 11.3 Å². The molecule has 0 heterocycles. The second-order valence-corrected chi connectivity index (χ2v) is 2.54. The molecule has 0 radical (unpaired) electrons. The minimum absolute atomic E-state index is 0.155. The Hall–Kier alpha value is -1.19. The van der Waals surface area contributed by atoms with E-state index in [2.05, 4.69) is 0 Å².